The van der Waals surface area contributed by atoms with Gasteiger partial charge < -0.3 is 4.42 Å². The molecule has 2 aromatic rings. The Morgan fingerprint density at radius 1 is 1.22 bits per heavy atom. The Morgan fingerprint density at radius 3 is 2.70 bits per heavy atom. The minimum atomic E-state index is -0.0800. The fourth-order valence-electron chi connectivity index (χ4n) is 2.32. The summed E-state index contributed by atoms with van der Waals surface area (Å²) < 4.78 is 5.81. The summed E-state index contributed by atoms with van der Waals surface area (Å²) in [6, 6.07) is 13.5. The maximum absolute atomic E-state index is 12.6. The molecule has 3 rings (SSSR count). The number of hydrogen-bond acceptors (Lipinski definition) is 4. The maximum Gasteiger partial charge on any atom is 0.266 e. The second kappa shape index (κ2) is 6.98. The van der Waals surface area contributed by atoms with Gasteiger partial charge in [0.25, 0.3) is 5.91 Å². The standard InChI is InChI=1S/C18H15NO2S2/c1-13(14-7-3-2-4-8-14)19-17(20)16(23-18(19)22)11-5-9-15-10-6-12-21-15/h2-13H,1H3. The minimum absolute atomic E-state index is 0.0551. The average Bonchev–Trinajstić information content (AvgIpc) is 3.17. The number of thiocarbonyl (C=S) groups is 1. The van der Waals surface area contributed by atoms with E-state index in [4.69, 9.17) is 16.6 Å². The first kappa shape index (κ1) is 15.8. The molecular weight excluding hydrogens is 326 g/mol. The van der Waals surface area contributed by atoms with Crippen molar-refractivity contribution in [1.29, 1.82) is 0 Å². The second-order valence-corrected chi connectivity index (χ2v) is 6.71. The van der Waals surface area contributed by atoms with Crippen molar-refractivity contribution in [3.05, 3.63) is 77.1 Å². The Kier molecular flexibility index (Phi) is 4.79. The Morgan fingerprint density at radius 2 is 2.00 bits per heavy atom. The molecule has 0 aliphatic carbocycles. The number of benzene rings is 1. The van der Waals surface area contributed by atoms with Gasteiger partial charge in [-0.15, -0.1) is 0 Å². The molecular formula is C18H15NO2S2. The topological polar surface area (TPSA) is 33.5 Å². The predicted molar refractivity (Wildman–Crippen MR) is 97.7 cm³/mol. The van der Waals surface area contributed by atoms with E-state index >= 15 is 0 Å². The van der Waals surface area contributed by atoms with E-state index in [1.165, 1.54) is 11.8 Å². The fraction of sp³-hybridized carbons (Fsp3) is 0.111. The van der Waals surface area contributed by atoms with Crippen LogP contribution in [-0.4, -0.2) is 15.1 Å². The summed E-state index contributed by atoms with van der Waals surface area (Å²) in [4.78, 5) is 14.9. The van der Waals surface area contributed by atoms with Gasteiger partial charge in [-0.1, -0.05) is 60.4 Å². The van der Waals surface area contributed by atoms with Crippen LogP contribution < -0.4 is 0 Å². The monoisotopic (exact) mass is 341 g/mol. The van der Waals surface area contributed by atoms with Crippen molar-refractivity contribution in [3.8, 4) is 0 Å². The number of carbonyl (C=O) groups excluding carboxylic acids is 1. The van der Waals surface area contributed by atoms with Crippen LogP contribution in [0.4, 0.5) is 0 Å². The fourth-order valence-corrected chi connectivity index (χ4v) is 3.70. The quantitative estimate of drug-likeness (QED) is 0.591. The summed E-state index contributed by atoms with van der Waals surface area (Å²) in [6.07, 6.45) is 7.01. The molecule has 1 aliphatic heterocycles. The average molecular weight is 341 g/mol. The van der Waals surface area contributed by atoms with Crippen LogP contribution in [0.2, 0.25) is 0 Å². The maximum atomic E-state index is 12.6. The number of nitrogens with zero attached hydrogens (tertiary/aromatic N) is 1. The second-order valence-electron chi connectivity index (χ2n) is 5.04. The van der Waals surface area contributed by atoms with Gasteiger partial charge >= 0.3 is 0 Å². The summed E-state index contributed by atoms with van der Waals surface area (Å²) in [7, 11) is 0. The van der Waals surface area contributed by atoms with Crippen LogP contribution in [0, 0.1) is 0 Å². The molecule has 5 heteroatoms. The van der Waals surface area contributed by atoms with Crippen molar-refractivity contribution in [3.63, 3.8) is 0 Å². The normalized spacial score (nSPS) is 18.3. The van der Waals surface area contributed by atoms with Gasteiger partial charge in [0.05, 0.1) is 17.2 Å². The minimum Gasteiger partial charge on any atom is -0.465 e. The Balaban J connectivity index is 1.77. The molecule has 0 spiro atoms. The highest BCUT2D eigenvalue weighted by Gasteiger charge is 2.35. The molecule has 1 atom stereocenters. The van der Waals surface area contributed by atoms with Gasteiger partial charge in [-0.25, -0.2) is 0 Å². The number of thioether (sulfide) groups is 1. The van der Waals surface area contributed by atoms with E-state index in [-0.39, 0.29) is 11.9 Å². The molecule has 3 nitrogen and oxygen atoms in total. The lowest BCUT2D eigenvalue weighted by atomic mass is 10.1. The van der Waals surface area contributed by atoms with Crippen LogP contribution in [0.25, 0.3) is 6.08 Å². The van der Waals surface area contributed by atoms with E-state index in [9.17, 15) is 4.79 Å². The molecule has 1 aliphatic rings. The van der Waals surface area contributed by atoms with E-state index in [1.807, 2.05) is 55.5 Å². The van der Waals surface area contributed by atoms with Gasteiger partial charge in [0.2, 0.25) is 0 Å². The lowest BCUT2D eigenvalue weighted by Gasteiger charge is -2.23. The van der Waals surface area contributed by atoms with Gasteiger partial charge in [-0.05, 0) is 36.8 Å². The summed E-state index contributed by atoms with van der Waals surface area (Å²) in [5.41, 5.74) is 1.07. The Labute approximate surface area is 144 Å². The molecule has 1 fully saturated rings. The van der Waals surface area contributed by atoms with Gasteiger partial charge in [0.1, 0.15) is 10.1 Å². The van der Waals surface area contributed by atoms with Crippen LogP contribution in [0.3, 0.4) is 0 Å². The zero-order valence-electron chi connectivity index (χ0n) is 12.5. The van der Waals surface area contributed by atoms with Crippen LogP contribution in [-0.2, 0) is 4.79 Å². The summed E-state index contributed by atoms with van der Waals surface area (Å²) in [6.45, 7) is 1.99. The van der Waals surface area contributed by atoms with E-state index < -0.39 is 0 Å². The van der Waals surface area contributed by atoms with Crippen molar-refractivity contribution in [2.45, 2.75) is 13.0 Å². The molecule has 0 N–H and O–H groups in total. The molecule has 2 heterocycles. The first-order valence-corrected chi connectivity index (χ1v) is 8.41. The SMILES string of the molecule is CC(c1ccccc1)N1C(=O)C(=CC=Cc2ccco2)SC1=S. The van der Waals surface area contributed by atoms with Crippen molar-refractivity contribution in [2.24, 2.45) is 0 Å². The highest BCUT2D eigenvalue weighted by molar-refractivity contribution is 8.26. The molecule has 1 aromatic carbocycles. The third-order valence-corrected chi connectivity index (χ3v) is 4.89. The van der Waals surface area contributed by atoms with E-state index in [0.29, 0.717) is 9.23 Å². The number of hydrogen-bond donors (Lipinski definition) is 0. The van der Waals surface area contributed by atoms with Gasteiger partial charge in [-0.2, -0.15) is 0 Å². The molecule has 1 amide bonds. The van der Waals surface area contributed by atoms with Crippen molar-refractivity contribution >= 4 is 40.3 Å². The predicted octanol–water partition coefficient (Wildman–Crippen LogP) is 4.80. The van der Waals surface area contributed by atoms with Gasteiger partial charge in [-0.3, -0.25) is 9.69 Å². The number of carbonyl (C=O) groups is 1. The lowest BCUT2D eigenvalue weighted by molar-refractivity contribution is -0.123. The number of furan rings is 1. The Hall–Kier alpha value is -2.11. The molecule has 1 saturated heterocycles. The molecule has 23 heavy (non-hydrogen) atoms. The highest BCUT2D eigenvalue weighted by Crippen LogP contribution is 2.36. The van der Waals surface area contributed by atoms with E-state index in [1.54, 1.807) is 23.3 Å². The number of amides is 1. The van der Waals surface area contributed by atoms with Crippen LogP contribution >= 0.6 is 24.0 Å². The molecule has 116 valence electrons. The Bertz CT molecular complexity index is 764. The van der Waals surface area contributed by atoms with Crippen molar-refractivity contribution in [2.75, 3.05) is 0 Å². The van der Waals surface area contributed by atoms with Gasteiger partial charge in [0, 0.05) is 0 Å². The molecule has 0 bridgehead atoms. The van der Waals surface area contributed by atoms with E-state index in [0.717, 1.165) is 11.3 Å². The first-order valence-electron chi connectivity index (χ1n) is 7.19. The summed E-state index contributed by atoms with van der Waals surface area (Å²) in [5, 5.41) is 0. The number of rotatable bonds is 4. The summed E-state index contributed by atoms with van der Waals surface area (Å²) >= 11 is 6.71. The molecule has 0 saturated carbocycles. The number of allylic oxidation sites excluding steroid dienone is 2. The zero-order chi connectivity index (χ0) is 16.2. The van der Waals surface area contributed by atoms with Crippen LogP contribution in [0.15, 0.2) is 70.2 Å². The lowest BCUT2D eigenvalue weighted by Crippen LogP contribution is -2.30. The van der Waals surface area contributed by atoms with Crippen LogP contribution in [0.1, 0.15) is 24.3 Å². The molecule has 0 radical (unpaired) electrons. The van der Waals surface area contributed by atoms with E-state index in [2.05, 4.69) is 0 Å². The van der Waals surface area contributed by atoms with Gasteiger partial charge in [0.15, 0.2) is 0 Å². The smallest absolute Gasteiger partial charge is 0.266 e. The first-order chi connectivity index (χ1) is 11.2. The molecule has 1 unspecified atom stereocenters. The van der Waals surface area contributed by atoms with Crippen molar-refractivity contribution in [1.82, 2.24) is 4.90 Å². The van der Waals surface area contributed by atoms with Crippen LogP contribution in [0.5, 0.6) is 0 Å². The summed E-state index contributed by atoms with van der Waals surface area (Å²) in [5.74, 6) is 0.690. The highest BCUT2D eigenvalue weighted by atomic mass is 32.2. The third-order valence-electron chi connectivity index (χ3n) is 3.54. The molecule has 1 aromatic heterocycles. The third kappa shape index (κ3) is 3.46. The zero-order valence-corrected chi connectivity index (χ0v) is 14.1. The van der Waals surface area contributed by atoms with Crippen molar-refractivity contribution < 1.29 is 9.21 Å². The largest absolute Gasteiger partial charge is 0.465 e.